The Morgan fingerprint density at radius 2 is 1.90 bits per heavy atom. The first-order valence-corrected chi connectivity index (χ1v) is 7.60. The lowest BCUT2D eigenvalue weighted by atomic mass is 9.87. The number of halogens is 2. The monoisotopic (exact) mass is 353 g/mol. The van der Waals surface area contributed by atoms with Crippen LogP contribution in [0, 0.1) is 6.92 Å². The highest BCUT2D eigenvalue weighted by molar-refractivity contribution is 9.10. The highest BCUT2D eigenvalue weighted by Crippen LogP contribution is 2.36. The second kappa shape index (κ2) is 6.72. The van der Waals surface area contributed by atoms with Crippen LogP contribution < -0.4 is 5.73 Å². The zero-order valence-electron chi connectivity index (χ0n) is 11.2. The summed E-state index contributed by atoms with van der Waals surface area (Å²) in [7, 11) is 0. The molecule has 0 aliphatic heterocycles. The largest absolute Gasteiger partial charge is 0.388 e. The molecule has 2 atom stereocenters. The predicted octanol–water partition coefficient (Wildman–Crippen LogP) is 4.19. The fourth-order valence-corrected chi connectivity index (χ4v) is 3.11. The summed E-state index contributed by atoms with van der Waals surface area (Å²) in [6.45, 7) is 2.32. The molecule has 0 aliphatic carbocycles. The molecule has 0 fully saturated rings. The number of aliphatic hydroxyl groups is 1. The number of benzene rings is 2. The van der Waals surface area contributed by atoms with Crippen molar-refractivity contribution in [2.45, 2.75) is 18.9 Å². The van der Waals surface area contributed by atoms with E-state index in [1.54, 1.807) is 6.07 Å². The van der Waals surface area contributed by atoms with Crippen LogP contribution in [0.25, 0.3) is 0 Å². The molecule has 3 N–H and O–H groups in total. The molecule has 0 saturated carbocycles. The molecule has 0 amide bonds. The van der Waals surface area contributed by atoms with Crippen LogP contribution in [0.5, 0.6) is 0 Å². The van der Waals surface area contributed by atoms with Crippen LogP contribution in [-0.4, -0.2) is 11.7 Å². The summed E-state index contributed by atoms with van der Waals surface area (Å²) in [4.78, 5) is 0. The van der Waals surface area contributed by atoms with E-state index < -0.39 is 6.10 Å². The van der Waals surface area contributed by atoms with Gasteiger partial charge in [-0.1, -0.05) is 51.8 Å². The number of aryl methyl sites for hydroxylation is 1. The zero-order chi connectivity index (χ0) is 14.7. The molecule has 0 aliphatic rings. The van der Waals surface area contributed by atoms with E-state index in [-0.39, 0.29) is 5.92 Å². The summed E-state index contributed by atoms with van der Waals surface area (Å²) in [5, 5.41) is 11.3. The number of nitrogens with two attached hydrogens (primary N) is 1. The molecule has 2 aromatic rings. The molecule has 2 rings (SSSR count). The summed E-state index contributed by atoms with van der Waals surface area (Å²) in [6.07, 6.45) is -0.683. The summed E-state index contributed by atoms with van der Waals surface area (Å²) in [5.41, 5.74) is 8.72. The zero-order valence-corrected chi connectivity index (χ0v) is 13.5. The molecule has 0 aromatic heterocycles. The summed E-state index contributed by atoms with van der Waals surface area (Å²) >= 11 is 9.55. The molecule has 0 bridgehead atoms. The van der Waals surface area contributed by atoms with Crippen molar-refractivity contribution in [2.75, 3.05) is 6.54 Å². The van der Waals surface area contributed by atoms with Gasteiger partial charge in [0.15, 0.2) is 0 Å². The maximum absolute atomic E-state index is 10.7. The minimum Gasteiger partial charge on any atom is -0.388 e. The van der Waals surface area contributed by atoms with Crippen LogP contribution in [0.15, 0.2) is 46.9 Å². The average molecular weight is 355 g/mol. The van der Waals surface area contributed by atoms with Crippen molar-refractivity contribution in [3.63, 3.8) is 0 Å². The summed E-state index contributed by atoms with van der Waals surface area (Å²) in [5.74, 6) is -0.178. The first-order chi connectivity index (χ1) is 9.54. The quantitative estimate of drug-likeness (QED) is 0.865. The SMILES string of the molecule is Cc1ccc(Cl)cc1C(O)C(CN)c1ccccc1Br. The van der Waals surface area contributed by atoms with Gasteiger partial charge in [0.25, 0.3) is 0 Å². The second-order valence-electron chi connectivity index (χ2n) is 4.81. The van der Waals surface area contributed by atoms with E-state index in [0.29, 0.717) is 11.6 Å². The molecule has 0 spiro atoms. The molecule has 2 aromatic carbocycles. The Balaban J connectivity index is 2.41. The van der Waals surface area contributed by atoms with Gasteiger partial charge in [0.2, 0.25) is 0 Å². The van der Waals surface area contributed by atoms with Gasteiger partial charge >= 0.3 is 0 Å². The van der Waals surface area contributed by atoms with Crippen LogP contribution in [0.4, 0.5) is 0 Å². The first kappa shape index (κ1) is 15.5. The van der Waals surface area contributed by atoms with Crippen LogP contribution in [-0.2, 0) is 0 Å². The summed E-state index contributed by atoms with van der Waals surface area (Å²) < 4.78 is 0.953. The van der Waals surface area contributed by atoms with E-state index in [1.807, 2.05) is 43.3 Å². The molecule has 2 unspecified atom stereocenters. The fourth-order valence-electron chi connectivity index (χ4n) is 2.35. The Hall–Kier alpha value is -0.870. The predicted molar refractivity (Wildman–Crippen MR) is 87.1 cm³/mol. The minimum atomic E-state index is -0.683. The van der Waals surface area contributed by atoms with Crippen molar-refractivity contribution in [2.24, 2.45) is 5.73 Å². The Morgan fingerprint density at radius 3 is 2.55 bits per heavy atom. The lowest BCUT2D eigenvalue weighted by Gasteiger charge is -2.24. The van der Waals surface area contributed by atoms with Gasteiger partial charge in [0, 0.05) is 22.0 Å². The molecular weight excluding hydrogens is 338 g/mol. The van der Waals surface area contributed by atoms with Crippen molar-refractivity contribution >= 4 is 27.5 Å². The van der Waals surface area contributed by atoms with E-state index in [1.165, 1.54) is 0 Å². The van der Waals surface area contributed by atoms with Gasteiger partial charge in [-0.3, -0.25) is 0 Å². The maximum Gasteiger partial charge on any atom is 0.0874 e. The topological polar surface area (TPSA) is 46.2 Å². The van der Waals surface area contributed by atoms with E-state index in [0.717, 1.165) is 21.2 Å². The van der Waals surface area contributed by atoms with Crippen molar-refractivity contribution in [3.8, 4) is 0 Å². The Bertz CT molecular complexity index is 603. The molecule has 20 heavy (non-hydrogen) atoms. The van der Waals surface area contributed by atoms with E-state index in [2.05, 4.69) is 15.9 Å². The van der Waals surface area contributed by atoms with Gasteiger partial charge in [-0.15, -0.1) is 0 Å². The van der Waals surface area contributed by atoms with Crippen LogP contribution in [0.3, 0.4) is 0 Å². The van der Waals surface area contributed by atoms with E-state index >= 15 is 0 Å². The highest BCUT2D eigenvalue weighted by Gasteiger charge is 2.24. The van der Waals surface area contributed by atoms with Crippen LogP contribution >= 0.6 is 27.5 Å². The number of hydrogen-bond donors (Lipinski definition) is 2. The number of aliphatic hydroxyl groups excluding tert-OH is 1. The van der Waals surface area contributed by atoms with Crippen LogP contribution in [0.2, 0.25) is 5.02 Å². The van der Waals surface area contributed by atoms with E-state index in [4.69, 9.17) is 17.3 Å². The first-order valence-electron chi connectivity index (χ1n) is 6.43. The van der Waals surface area contributed by atoms with Crippen molar-refractivity contribution in [3.05, 3.63) is 68.7 Å². The van der Waals surface area contributed by atoms with Gasteiger partial charge in [-0.2, -0.15) is 0 Å². The highest BCUT2D eigenvalue weighted by atomic mass is 79.9. The lowest BCUT2D eigenvalue weighted by Crippen LogP contribution is -2.21. The Labute approximate surface area is 132 Å². The van der Waals surface area contributed by atoms with Gasteiger partial charge in [-0.05, 0) is 41.8 Å². The summed E-state index contributed by atoms with van der Waals surface area (Å²) in [6, 6.07) is 13.4. The van der Waals surface area contributed by atoms with Gasteiger partial charge in [0.05, 0.1) is 6.10 Å². The molecular formula is C16H17BrClNO. The molecule has 0 saturated heterocycles. The average Bonchev–Trinajstić information content (AvgIpc) is 2.44. The standard InChI is InChI=1S/C16H17BrClNO/c1-10-6-7-11(18)8-13(10)16(20)14(9-19)12-4-2-3-5-15(12)17/h2-8,14,16,20H,9,19H2,1H3. The second-order valence-corrected chi connectivity index (χ2v) is 6.10. The number of rotatable bonds is 4. The van der Waals surface area contributed by atoms with Crippen molar-refractivity contribution < 1.29 is 5.11 Å². The molecule has 2 nitrogen and oxygen atoms in total. The third-order valence-corrected chi connectivity index (χ3v) is 4.46. The van der Waals surface area contributed by atoms with Crippen LogP contribution in [0.1, 0.15) is 28.7 Å². The molecule has 0 radical (unpaired) electrons. The minimum absolute atomic E-state index is 0.178. The van der Waals surface area contributed by atoms with Gasteiger partial charge < -0.3 is 10.8 Å². The van der Waals surface area contributed by atoms with Crippen molar-refractivity contribution in [1.82, 2.24) is 0 Å². The number of hydrogen-bond acceptors (Lipinski definition) is 2. The van der Waals surface area contributed by atoms with Gasteiger partial charge in [0.1, 0.15) is 0 Å². The lowest BCUT2D eigenvalue weighted by molar-refractivity contribution is 0.146. The molecule has 4 heteroatoms. The Morgan fingerprint density at radius 1 is 1.20 bits per heavy atom. The van der Waals surface area contributed by atoms with Gasteiger partial charge in [-0.25, -0.2) is 0 Å². The van der Waals surface area contributed by atoms with E-state index in [9.17, 15) is 5.11 Å². The fraction of sp³-hybridized carbons (Fsp3) is 0.250. The molecule has 0 heterocycles. The molecule has 106 valence electrons. The third kappa shape index (κ3) is 3.23. The normalized spacial score (nSPS) is 14.1. The Kier molecular flexibility index (Phi) is 5.22. The third-order valence-electron chi connectivity index (χ3n) is 3.50. The maximum atomic E-state index is 10.7. The smallest absolute Gasteiger partial charge is 0.0874 e. The van der Waals surface area contributed by atoms with Crippen molar-refractivity contribution in [1.29, 1.82) is 0 Å².